The predicted molar refractivity (Wildman–Crippen MR) is 70.6 cm³/mol. The van der Waals surface area contributed by atoms with E-state index < -0.39 is 0 Å². The van der Waals surface area contributed by atoms with Gasteiger partial charge < -0.3 is 5.32 Å². The summed E-state index contributed by atoms with van der Waals surface area (Å²) in [6.07, 6.45) is 3.00. The number of rotatable bonds is 5. The Labute approximate surface area is 102 Å². The molecule has 1 heterocycles. The highest BCUT2D eigenvalue weighted by Gasteiger charge is 2.07. The lowest BCUT2D eigenvalue weighted by molar-refractivity contribution is 0.675. The van der Waals surface area contributed by atoms with Gasteiger partial charge in [-0.2, -0.15) is 5.10 Å². The lowest BCUT2D eigenvalue weighted by atomic mass is 10.0. The minimum atomic E-state index is 0.912. The highest BCUT2D eigenvalue weighted by molar-refractivity contribution is 5.63. The second-order valence-electron chi connectivity index (χ2n) is 4.17. The van der Waals surface area contributed by atoms with Gasteiger partial charge in [0.05, 0.1) is 5.69 Å². The molecule has 0 saturated heterocycles. The van der Waals surface area contributed by atoms with E-state index >= 15 is 0 Å². The molecule has 1 N–H and O–H groups in total. The van der Waals surface area contributed by atoms with Crippen LogP contribution in [0, 0.1) is 0 Å². The molecule has 0 fully saturated rings. The largest absolute Gasteiger partial charge is 0.313 e. The molecule has 1 aromatic heterocycles. The lowest BCUT2D eigenvalue weighted by Crippen LogP contribution is -2.14. The monoisotopic (exact) mass is 229 g/mol. The van der Waals surface area contributed by atoms with E-state index in [1.807, 2.05) is 17.9 Å². The molecule has 0 aliphatic carbocycles. The molecule has 2 rings (SSSR count). The molecule has 17 heavy (non-hydrogen) atoms. The van der Waals surface area contributed by atoms with Gasteiger partial charge in [-0.3, -0.25) is 4.68 Å². The molecule has 0 amide bonds. The van der Waals surface area contributed by atoms with Crippen molar-refractivity contribution in [3.63, 3.8) is 0 Å². The van der Waals surface area contributed by atoms with E-state index in [0.29, 0.717) is 0 Å². The van der Waals surface area contributed by atoms with Gasteiger partial charge in [-0.1, -0.05) is 31.2 Å². The summed E-state index contributed by atoms with van der Waals surface area (Å²) in [4.78, 5) is 0. The van der Waals surface area contributed by atoms with Crippen molar-refractivity contribution >= 4 is 0 Å². The summed E-state index contributed by atoms with van der Waals surface area (Å²) in [6.45, 7) is 4.15. The summed E-state index contributed by atoms with van der Waals surface area (Å²) in [5.41, 5.74) is 3.75. The molecule has 3 nitrogen and oxygen atoms in total. The zero-order valence-electron chi connectivity index (χ0n) is 10.5. The minimum absolute atomic E-state index is 0.912. The molecule has 0 aliphatic rings. The van der Waals surface area contributed by atoms with Crippen molar-refractivity contribution in [2.45, 2.75) is 19.9 Å². The van der Waals surface area contributed by atoms with E-state index in [1.54, 1.807) is 0 Å². The third-order valence-electron chi connectivity index (χ3n) is 2.86. The first-order valence-corrected chi connectivity index (χ1v) is 6.10. The van der Waals surface area contributed by atoms with Crippen molar-refractivity contribution < 1.29 is 0 Å². The predicted octanol–water partition coefficient (Wildman–Crippen LogP) is 2.59. The van der Waals surface area contributed by atoms with Crippen molar-refractivity contribution in [1.29, 1.82) is 0 Å². The Morgan fingerprint density at radius 1 is 1.24 bits per heavy atom. The molecule has 90 valence electrons. The van der Waals surface area contributed by atoms with E-state index in [-0.39, 0.29) is 0 Å². The van der Waals surface area contributed by atoms with E-state index in [2.05, 4.69) is 47.7 Å². The Kier molecular flexibility index (Phi) is 3.94. The second-order valence-corrected chi connectivity index (χ2v) is 4.17. The summed E-state index contributed by atoms with van der Waals surface area (Å²) in [7, 11) is 1.98. The van der Waals surface area contributed by atoms with Gasteiger partial charge in [-0.15, -0.1) is 0 Å². The van der Waals surface area contributed by atoms with E-state index in [4.69, 9.17) is 0 Å². The van der Waals surface area contributed by atoms with Crippen LogP contribution in [0.4, 0.5) is 0 Å². The van der Waals surface area contributed by atoms with Crippen LogP contribution in [-0.4, -0.2) is 16.3 Å². The SMILES string of the molecule is CCCNCc1ccccc1-c1ccnn1C. The third-order valence-corrected chi connectivity index (χ3v) is 2.86. The summed E-state index contributed by atoms with van der Waals surface area (Å²) in [5.74, 6) is 0. The zero-order valence-corrected chi connectivity index (χ0v) is 10.5. The maximum absolute atomic E-state index is 4.23. The molecule has 0 spiro atoms. The van der Waals surface area contributed by atoms with Crippen molar-refractivity contribution in [3.05, 3.63) is 42.1 Å². The van der Waals surface area contributed by atoms with Gasteiger partial charge in [-0.25, -0.2) is 0 Å². The Morgan fingerprint density at radius 2 is 2.06 bits per heavy atom. The average Bonchev–Trinajstić information content (AvgIpc) is 2.76. The highest BCUT2D eigenvalue weighted by Crippen LogP contribution is 2.22. The zero-order chi connectivity index (χ0) is 12.1. The number of benzene rings is 1. The topological polar surface area (TPSA) is 29.9 Å². The van der Waals surface area contributed by atoms with E-state index in [1.165, 1.54) is 16.8 Å². The molecular formula is C14H19N3. The summed E-state index contributed by atoms with van der Waals surface area (Å²) in [6, 6.07) is 10.5. The Balaban J connectivity index is 2.25. The van der Waals surface area contributed by atoms with Gasteiger partial charge in [0.2, 0.25) is 0 Å². The molecule has 0 radical (unpaired) electrons. The number of aryl methyl sites for hydroxylation is 1. The van der Waals surface area contributed by atoms with Gasteiger partial charge in [0, 0.05) is 25.4 Å². The Morgan fingerprint density at radius 3 is 2.76 bits per heavy atom. The Bertz CT molecular complexity index is 474. The first-order chi connectivity index (χ1) is 8.33. The third kappa shape index (κ3) is 2.74. The van der Waals surface area contributed by atoms with Crippen molar-refractivity contribution in [1.82, 2.24) is 15.1 Å². The quantitative estimate of drug-likeness (QED) is 0.799. The van der Waals surface area contributed by atoms with E-state index in [0.717, 1.165) is 19.5 Å². The fourth-order valence-corrected chi connectivity index (χ4v) is 1.96. The minimum Gasteiger partial charge on any atom is -0.313 e. The molecule has 0 aliphatic heterocycles. The molecule has 3 heteroatoms. The first kappa shape index (κ1) is 11.9. The normalized spacial score (nSPS) is 10.7. The fourth-order valence-electron chi connectivity index (χ4n) is 1.96. The van der Waals surface area contributed by atoms with E-state index in [9.17, 15) is 0 Å². The molecule has 1 aromatic carbocycles. The van der Waals surface area contributed by atoms with Gasteiger partial charge in [0.25, 0.3) is 0 Å². The number of nitrogens with zero attached hydrogens (tertiary/aromatic N) is 2. The van der Waals surface area contributed by atoms with Crippen LogP contribution in [0.15, 0.2) is 36.5 Å². The maximum Gasteiger partial charge on any atom is 0.0682 e. The van der Waals surface area contributed by atoms with Crippen LogP contribution >= 0.6 is 0 Å². The number of nitrogens with one attached hydrogen (secondary N) is 1. The second kappa shape index (κ2) is 5.64. The number of aromatic nitrogens is 2. The lowest BCUT2D eigenvalue weighted by Gasteiger charge is -2.10. The van der Waals surface area contributed by atoms with Crippen LogP contribution in [0.2, 0.25) is 0 Å². The van der Waals surface area contributed by atoms with Crippen LogP contribution in [0.3, 0.4) is 0 Å². The van der Waals surface area contributed by atoms with Crippen LogP contribution < -0.4 is 5.32 Å². The molecule has 0 saturated carbocycles. The smallest absolute Gasteiger partial charge is 0.0682 e. The standard InChI is InChI=1S/C14H19N3/c1-3-9-15-11-12-6-4-5-7-13(12)14-8-10-16-17(14)2/h4-8,10,15H,3,9,11H2,1-2H3. The fraction of sp³-hybridized carbons (Fsp3) is 0.357. The van der Waals surface area contributed by atoms with Gasteiger partial charge in [0.1, 0.15) is 0 Å². The van der Waals surface area contributed by atoms with Crippen molar-refractivity contribution in [2.24, 2.45) is 7.05 Å². The molecule has 0 atom stereocenters. The Hall–Kier alpha value is -1.61. The maximum atomic E-state index is 4.23. The summed E-state index contributed by atoms with van der Waals surface area (Å²) >= 11 is 0. The van der Waals surface area contributed by atoms with Crippen LogP contribution in [0.5, 0.6) is 0 Å². The highest BCUT2D eigenvalue weighted by atomic mass is 15.3. The van der Waals surface area contributed by atoms with Crippen LogP contribution in [-0.2, 0) is 13.6 Å². The molecule has 0 bridgehead atoms. The van der Waals surface area contributed by atoms with Crippen LogP contribution in [0.25, 0.3) is 11.3 Å². The number of hydrogen-bond acceptors (Lipinski definition) is 2. The molecule has 0 unspecified atom stereocenters. The first-order valence-electron chi connectivity index (χ1n) is 6.10. The van der Waals surface area contributed by atoms with Crippen molar-refractivity contribution in [2.75, 3.05) is 6.54 Å². The van der Waals surface area contributed by atoms with Gasteiger partial charge in [0.15, 0.2) is 0 Å². The van der Waals surface area contributed by atoms with Crippen LogP contribution in [0.1, 0.15) is 18.9 Å². The van der Waals surface area contributed by atoms with Gasteiger partial charge >= 0.3 is 0 Å². The summed E-state index contributed by atoms with van der Waals surface area (Å²) in [5, 5.41) is 7.67. The summed E-state index contributed by atoms with van der Waals surface area (Å²) < 4.78 is 1.92. The van der Waals surface area contributed by atoms with Crippen molar-refractivity contribution in [3.8, 4) is 11.3 Å². The average molecular weight is 229 g/mol. The molecular weight excluding hydrogens is 210 g/mol. The number of hydrogen-bond donors (Lipinski definition) is 1. The van der Waals surface area contributed by atoms with Gasteiger partial charge in [-0.05, 0) is 24.6 Å². The molecule has 2 aromatic rings.